The van der Waals surface area contributed by atoms with Gasteiger partial charge in [0.1, 0.15) is 5.15 Å². The second kappa shape index (κ2) is 6.90. The molecular formula is C20H19ClN4. The Kier molecular flexibility index (Phi) is 4.47. The Morgan fingerprint density at radius 3 is 2.76 bits per heavy atom. The van der Waals surface area contributed by atoms with Crippen molar-refractivity contribution in [1.29, 1.82) is 0 Å². The molecule has 0 bridgehead atoms. The van der Waals surface area contributed by atoms with Gasteiger partial charge in [0.15, 0.2) is 5.82 Å². The molecule has 2 aromatic heterocycles. The summed E-state index contributed by atoms with van der Waals surface area (Å²) in [6.45, 7) is 4.70. The number of hydrogen-bond acceptors (Lipinski definition) is 4. The van der Waals surface area contributed by atoms with Gasteiger partial charge in [0, 0.05) is 49.6 Å². The van der Waals surface area contributed by atoms with Gasteiger partial charge in [-0.3, -0.25) is 9.88 Å². The quantitative estimate of drug-likeness (QED) is 0.668. The van der Waals surface area contributed by atoms with E-state index in [9.17, 15) is 0 Å². The van der Waals surface area contributed by atoms with Crippen LogP contribution in [0.3, 0.4) is 0 Å². The number of aryl methyl sites for hydroxylation is 1. The van der Waals surface area contributed by atoms with E-state index in [1.165, 1.54) is 5.56 Å². The molecule has 3 heterocycles. The van der Waals surface area contributed by atoms with E-state index < -0.39 is 0 Å². The minimum absolute atomic E-state index is 0.564. The predicted molar refractivity (Wildman–Crippen MR) is 99.3 cm³/mol. The molecule has 0 aliphatic carbocycles. The lowest BCUT2D eigenvalue weighted by atomic mass is 10.0. The van der Waals surface area contributed by atoms with Gasteiger partial charge in [-0.1, -0.05) is 41.9 Å². The molecule has 0 radical (unpaired) electrons. The molecule has 4 rings (SSSR count). The average Bonchev–Trinajstić information content (AvgIpc) is 2.63. The van der Waals surface area contributed by atoms with Crippen molar-refractivity contribution in [3.8, 4) is 11.4 Å². The average molecular weight is 351 g/mol. The first kappa shape index (κ1) is 16.2. The van der Waals surface area contributed by atoms with Crippen LogP contribution in [0.4, 0.5) is 0 Å². The lowest BCUT2D eigenvalue weighted by Gasteiger charge is -2.28. The van der Waals surface area contributed by atoms with Crippen LogP contribution in [0.2, 0.25) is 5.15 Å². The van der Waals surface area contributed by atoms with Gasteiger partial charge in [-0.15, -0.1) is 0 Å². The highest BCUT2D eigenvalue weighted by atomic mass is 35.5. The van der Waals surface area contributed by atoms with E-state index >= 15 is 0 Å². The van der Waals surface area contributed by atoms with Gasteiger partial charge in [0.2, 0.25) is 0 Å². The van der Waals surface area contributed by atoms with Crippen LogP contribution in [0.1, 0.15) is 22.4 Å². The lowest BCUT2D eigenvalue weighted by molar-refractivity contribution is 0.243. The van der Waals surface area contributed by atoms with Crippen molar-refractivity contribution in [3.05, 3.63) is 76.3 Å². The largest absolute Gasteiger partial charge is 0.294 e. The maximum absolute atomic E-state index is 6.52. The fourth-order valence-electron chi connectivity index (χ4n) is 3.25. The zero-order valence-corrected chi connectivity index (χ0v) is 14.9. The number of aromatic nitrogens is 3. The predicted octanol–water partition coefficient (Wildman–Crippen LogP) is 4.06. The highest BCUT2D eigenvalue weighted by Crippen LogP contribution is 2.28. The van der Waals surface area contributed by atoms with Gasteiger partial charge >= 0.3 is 0 Å². The third kappa shape index (κ3) is 3.41. The number of halogens is 1. The van der Waals surface area contributed by atoms with E-state index in [-0.39, 0.29) is 0 Å². The van der Waals surface area contributed by atoms with E-state index in [2.05, 4.69) is 39.1 Å². The third-order valence-corrected chi connectivity index (χ3v) is 4.91. The van der Waals surface area contributed by atoms with E-state index in [0.29, 0.717) is 11.0 Å². The summed E-state index contributed by atoms with van der Waals surface area (Å²) in [6.07, 6.45) is 4.48. The molecule has 0 spiro atoms. The van der Waals surface area contributed by atoms with Crippen LogP contribution in [0, 0.1) is 6.92 Å². The van der Waals surface area contributed by atoms with E-state index in [1.807, 2.05) is 25.3 Å². The fourth-order valence-corrected chi connectivity index (χ4v) is 3.50. The Balaban J connectivity index is 1.61. The van der Waals surface area contributed by atoms with E-state index in [4.69, 9.17) is 16.6 Å². The zero-order valence-electron chi connectivity index (χ0n) is 14.1. The molecular weight excluding hydrogens is 332 g/mol. The smallest absolute Gasteiger partial charge is 0.161 e. The molecule has 0 saturated carbocycles. The number of nitrogens with zero attached hydrogens (tertiary/aromatic N) is 4. The fraction of sp³-hybridized carbons (Fsp3) is 0.250. The summed E-state index contributed by atoms with van der Waals surface area (Å²) in [5, 5.41) is 0.564. The van der Waals surface area contributed by atoms with Gasteiger partial charge in [-0.05, 0) is 24.1 Å². The third-order valence-electron chi connectivity index (χ3n) is 4.60. The number of rotatable bonds is 3. The van der Waals surface area contributed by atoms with Crippen molar-refractivity contribution < 1.29 is 0 Å². The molecule has 5 heteroatoms. The Labute approximate surface area is 152 Å². The Morgan fingerprint density at radius 2 is 1.96 bits per heavy atom. The van der Waals surface area contributed by atoms with Gasteiger partial charge in [0.25, 0.3) is 0 Å². The molecule has 126 valence electrons. The molecule has 0 N–H and O–H groups in total. The standard InChI is InChI=1S/C20H19ClN4/c1-14-11-22-9-7-16(14)20-23-18-8-10-25(13-17(18)19(21)24-20)12-15-5-3-2-4-6-15/h2-7,9,11H,8,10,12-13H2,1H3. The first-order chi connectivity index (χ1) is 12.2. The highest BCUT2D eigenvalue weighted by molar-refractivity contribution is 6.30. The molecule has 1 aromatic carbocycles. The molecule has 4 nitrogen and oxygen atoms in total. The van der Waals surface area contributed by atoms with Crippen LogP contribution in [0.5, 0.6) is 0 Å². The maximum Gasteiger partial charge on any atom is 0.161 e. The second-order valence-corrected chi connectivity index (χ2v) is 6.76. The van der Waals surface area contributed by atoms with E-state index in [1.54, 1.807) is 6.20 Å². The molecule has 0 saturated heterocycles. The topological polar surface area (TPSA) is 41.9 Å². The normalized spacial score (nSPS) is 14.3. The maximum atomic E-state index is 6.52. The number of fused-ring (bicyclic) bond motifs is 1. The first-order valence-electron chi connectivity index (χ1n) is 8.43. The van der Waals surface area contributed by atoms with Crippen molar-refractivity contribution in [2.75, 3.05) is 6.54 Å². The van der Waals surface area contributed by atoms with Gasteiger partial charge in [-0.25, -0.2) is 9.97 Å². The summed E-state index contributed by atoms with van der Waals surface area (Å²) in [5.74, 6) is 0.695. The van der Waals surface area contributed by atoms with Crippen LogP contribution >= 0.6 is 11.6 Å². The van der Waals surface area contributed by atoms with Crippen molar-refractivity contribution in [3.63, 3.8) is 0 Å². The van der Waals surface area contributed by atoms with Gasteiger partial charge in [0.05, 0.1) is 5.69 Å². The zero-order chi connectivity index (χ0) is 17.2. The van der Waals surface area contributed by atoms with Crippen LogP contribution in [0.25, 0.3) is 11.4 Å². The number of hydrogen-bond donors (Lipinski definition) is 0. The molecule has 0 atom stereocenters. The monoisotopic (exact) mass is 350 g/mol. The van der Waals surface area contributed by atoms with Gasteiger partial charge < -0.3 is 0 Å². The Bertz CT molecular complexity index is 895. The number of benzene rings is 1. The molecule has 0 unspecified atom stereocenters. The highest BCUT2D eigenvalue weighted by Gasteiger charge is 2.22. The van der Waals surface area contributed by atoms with Crippen molar-refractivity contribution in [2.45, 2.75) is 26.4 Å². The second-order valence-electron chi connectivity index (χ2n) is 6.40. The van der Waals surface area contributed by atoms with Crippen LogP contribution in [-0.4, -0.2) is 26.4 Å². The molecule has 1 aliphatic rings. The summed E-state index contributed by atoms with van der Waals surface area (Å²) in [4.78, 5) is 15.9. The van der Waals surface area contributed by atoms with E-state index in [0.717, 1.165) is 48.4 Å². The molecule has 0 amide bonds. The molecule has 3 aromatic rings. The summed E-state index contributed by atoms with van der Waals surface area (Å²) >= 11 is 6.52. The number of pyridine rings is 1. The molecule has 1 aliphatic heterocycles. The minimum Gasteiger partial charge on any atom is -0.294 e. The summed E-state index contributed by atoms with van der Waals surface area (Å²) < 4.78 is 0. The van der Waals surface area contributed by atoms with Crippen molar-refractivity contribution >= 4 is 11.6 Å². The van der Waals surface area contributed by atoms with Crippen LogP contribution in [0.15, 0.2) is 48.8 Å². The van der Waals surface area contributed by atoms with Crippen LogP contribution < -0.4 is 0 Å². The lowest BCUT2D eigenvalue weighted by Crippen LogP contribution is -2.31. The molecule has 25 heavy (non-hydrogen) atoms. The van der Waals surface area contributed by atoms with Crippen molar-refractivity contribution in [1.82, 2.24) is 19.9 Å². The first-order valence-corrected chi connectivity index (χ1v) is 8.81. The SMILES string of the molecule is Cc1cnccc1-c1nc(Cl)c2c(n1)CCN(Cc1ccccc1)C2. The Morgan fingerprint density at radius 1 is 1.12 bits per heavy atom. The van der Waals surface area contributed by atoms with Gasteiger partial charge in [-0.2, -0.15) is 0 Å². The van der Waals surface area contributed by atoms with Crippen LogP contribution in [-0.2, 0) is 19.5 Å². The Hall–Kier alpha value is -2.30. The molecule has 0 fully saturated rings. The summed E-state index contributed by atoms with van der Waals surface area (Å²) in [7, 11) is 0. The van der Waals surface area contributed by atoms with Crippen molar-refractivity contribution in [2.24, 2.45) is 0 Å². The summed E-state index contributed by atoms with van der Waals surface area (Å²) in [6, 6.07) is 12.4. The minimum atomic E-state index is 0.564. The summed E-state index contributed by atoms with van der Waals surface area (Å²) in [5.41, 5.74) is 5.48.